The van der Waals surface area contributed by atoms with Gasteiger partial charge < -0.3 is 15.3 Å². The molecule has 6 heteroatoms. The molecule has 120 valence electrons. The molecule has 0 unspecified atom stereocenters. The summed E-state index contributed by atoms with van der Waals surface area (Å²) in [7, 11) is 2.09. The van der Waals surface area contributed by atoms with Crippen molar-refractivity contribution in [2.24, 2.45) is 5.92 Å². The second-order valence-electron chi connectivity index (χ2n) is 6.22. The van der Waals surface area contributed by atoms with Gasteiger partial charge in [-0.25, -0.2) is 9.97 Å². The minimum Gasteiger partial charge on any atom is -0.395 e. The average Bonchev–Trinajstić information content (AvgIpc) is 2.97. The maximum absolute atomic E-state index is 9.03. The lowest BCUT2D eigenvalue weighted by molar-refractivity contribution is 0.183. The highest BCUT2D eigenvalue weighted by atomic mass is 32.1. The normalized spacial score (nSPS) is 22.3. The van der Waals surface area contributed by atoms with Gasteiger partial charge in [-0.3, -0.25) is 0 Å². The lowest BCUT2D eigenvalue weighted by Crippen LogP contribution is -2.35. The van der Waals surface area contributed by atoms with Gasteiger partial charge in [0.1, 0.15) is 17.0 Å². The number of aliphatic hydroxyl groups excluding tert-OH is 1. The number of hydrogen-bond acceptors (Lipinski definition) is 6. The van der Waals surface area contributed by atoms with Gasteiger partial charge in [0, 0.05) is 19.1 Å². The number of rotatable bonds is 6. The predicted octanol–water partition coefficient (Wildman–Crippen LogP) is 2.59. The van der Waals surface area contributed by atoms with E-state index in [1.165, 1.54) is 25.7 Å². The first-order valence-corrected chi connectivity index (χ1v) is 8.88. The molecule has 0 aromatic carbocycles. The molecule has 0 amide bonds. The first kappa shape index (κ1) is 15.6. The van der Waals surface area contributed by atoms with Gasteiger partial charge in [-0.05, 0) is 43.7 Å². The van der Waals surface area contributed by atoms with Gasteiger partial charge in [-0.15, -0.1) is 11.3 Å². The molecule has 1 aliphatic carbocycles. The molecule has 1 fully saturated rings. The van der Waals surface area contributed by atoms with Crippen LogP contribution in [0.3, 0.4) is 0 Å². The summed E-state index contributed by atoms with van der Waals surface area (Å²) in [5.41, 5.74) is 0. The summed E-state index contributed by atoms with van der Waals surface area (Å²) in [4.78, 5) is 12.0. The third-order valence-electron chi connectivity index (χ3n) is 4.44. The number of aromatic nitrogens is 2. The molecule has 1 saturated carbocycles. The molecule has 5 nitrogen and oxygen atoms in total. The summed E-state index contributed by atoms with van der Waals surface area (Å²) >= 11 is 1.66. The Balaban J connectivity index is 1.61. The Morgan fingerprint density at radius 2 is 2.32 bits per heavy atom. The molecule has 3 rings (SSSR count). The summed E-state index contributed by atoms with van der Waals surface area (Å²) in [5.74, 6) is 1.67. The molecule has 2 aromatic rings. The third-order valence-corrected chi connectivity index (χ3v) is 5.26. The van der Waals surface area contributed by atoms with Crippen LogP contribution >= 0.6 is 11.3 Å². The zero-order chi connectivity index (χ0) is 15.4. The lowest BCUT2D eigenvalue weighted by atomic mass is 9.85. The van der Waals surface area contributed by atoms with Crippen LogP contribution in [0.25, 0.3) is 10.2 Å². The number of thiophene rings is 1. The van der Waals surface area contributed by atoms with Crippen molar-refractivity contribution < 1.29 is 5.11 Å². The van der Waals surface area contributed by atoms with Crippen LogP contribution in [0.15, 0.2) is 17.8 Å². The molecule has 2 atom stereocenters. The van der Waals surface area contributed by atoms with Crippen LogP contribution in [-0.4, -0.2) is 52.8 Å². The van der Waals surface area contributed by atoms with Crippen LogP contribution in [0, 0.1) is 5.92 Å². The maximum atomic E-state index is 9.03. The Hall–Kier alpha value is -1.24. The first-order valence-electron chi connectivity index (χ1n) is 8.00. The van der Waals surface area contributed by atoms with Gasteiger partial charge in [0.05, 0.1) is 12.0 Å². The standard InChI is InChI=1S/C16H24N4OS/c1-20(6-7-21)10-12-3-2-4-13(9-12)19-15-14-5-8-22-16(14)18-11-17-15/h5,8,11-13,21H,2-4,6-7,9-10H2,1H3,(H,17,18,19)/t12-,13+/m1/s1. The summed E-state index contributed by atoms with van der Waals surface area (Å²) in [6.45, 7) is 2.06. The maximum Gasteiger partial charge on any atom is 0.138 e. The van der Waals surface area contributed by atoms with Gasteiger partial charge >= 0.3 is 0 Å². The van der Waals surface area contributed by atoms with Gasteiger partial charge in [-0.2, -0.15) is 0 Å². The number of hydrogen-bond donors (Lipinski definition) is 2. The van der Waals surface area contributed by atoms with Gasteiger partial charge in [0.2, 0.25) is 0 Å². The monoisotopic (exact) mass is 320 g/mol. The minimum atomic E-state index is 0.238. The molecule has 0 bridgehead atoms. The van der Waals surface area contributed by atoms with E-state index in [2.05, 4.69) is 38.7 Å². The highest BCUT2D eigenvalue weighted by Crippen LogP contribution is 2.29. The second-order valence-corrected chi connectivity index (χ2v) is 7.12. The third kappa shape index (κ3) is 3.74. The molecule has 1 aliphatic rings. The van der Waals surface area contributed by atoms with Crippen molar-refractivity contribution in [2.75, 3.05) is 32.1 Å². The van der Waals surface area contributed by atoms with Gasteiger partial charge in [0.25, 0.3) is 0 Å². The van der Waals surface area contributed by atoms with E-state index in [1.807, 2.05) is 0 Å². The van der Waals surface area contributed by atoms with E-state index < -0.39 is 0 Å². The van der Waals surface area contributed by atoms with Crippen LogP contribution in [0.4, 0.5) is 5.82 Å². The Kier molecular flexibility index (Phi) is 5.23. The predicted molar refractivity (Wildman–Crippen MR) is 91.4 cm³/mol. The van der Waals surface area contributed by atoms with Crippen LogP contribution in [0.1, 0.15) is 25.7 Å². The number of fused-ring (bicyclic) bond motifs is 1. The smallest absolute Gasteiger partial charge is 0.138 e. The number of nitrogens with one attached hydrogen (secondary N) is 1. The van der Waals surface area contributed by atoms with E-state index in [0.29, 0.717) is 12.0 Å². The Bertz CT molecular complexity index is 603. The average molecular weight is 320 g/mol. The van der Waals surface area contributed by atoms with Gasteiger partial charge in [-0.1, -0.05) is 6.42 Å². The van der Waals surface area contributed by atoms with E-state index in [1.54, 1.807) is 17.7 Å². The molecule has 22 heavy (non-hydrogen) atoms. The van der Waals surface area contributed by atoms with Crippen molar-refractivity contribution in [3.63, 3.8) is 0 Å². The quantitative estimate of drug-likeness (QED) is 0.856. The van der Waals surface area contributed by atoms with E-state index in [4.69, 9.17) is 5.11 Å². The molecule has 0 spiro atoms. The molecular formula is C16H24N4OS. The molecule has 0 radical (unpaired) electrons. The largest absolute Gasteiger partial charge is 0.395 e. The summed E-state index contributed by atoms with van der Waals surface area (Å²) in [5, 5.41) is 15.9. The van der Waals surface area contributed by atoms with Crippen molar-refractivity contribution in [1.29, 1.82) is 0 Å². The van der Waals surface area contributed by atoms with Crippen molar-refractivity contribution in [1.82, 2.24) is 14.9 Å². The molecule has 2 heterocycles. The van der Waals surface area contributed by atoms with Crippen molar-refractivity contribution in [3.8, 4) is 0 Å². The zero-order valence-electron chi connectivity index (χ0n) is 13.0. The van der Waals surface area contributed by atoms with E-state index in [9.17, 15) is 0 Å². The first-order chi connectivity index (χ1) is 10.8. The SMILES string of the molecule is CN(CCO)C[C@@H]1CCC[C@H](Nc2ncnc3sccc23)C1. The Morgan fingerprint density at radius 3 is 3.18 bits per heavy atom. The fourth-order valence-corrected chi connectivity index (χ4v) is 4.12. The van der Waals surface area contributed by atoms with Crippen LogP contribution in [0.2, 0.25) is 0 Å². The van der Waals surface area contributed by atoms with E-state index >= 15 is 0 Å². The highest BCUT2D eigenvalue weighted by Gasteiger charge is 2.23. The number of nitrogens with zero attached hydrogens (tertiary/aromatic N) is 3. The minimum absolute atomic E-state index is 0.238. The molecular weight excluding hydrogens is 296 g/mol. The molecule has 0 saturated heterocycles. The topological polar surface area (TPSA) is 61.3 Å². The summed E-state index contributed by atoms with van der Waals surface area (Å²) in [6.07, 6.45) is 6.57. The number of aliphatic hydroxyl groups is 1. The Labute approximate surface area is 135 Å². The summed E-state index contributed by atoms with van der Waals surface area (Å²) in [6, 6.07) is 2.58. The van der Waals surface area contributed by atoms with Crippen molar-refractivity contribution in [3.05, 3.63) is 17.8 Å². The fraction of sp³-hybridized carbons (Fsp3) is 0.625. The molecule has 2 N–H and O–H groups in total. The molecule has 2 aromatic heterocycles. The van der Waals surface area contributed by atoms with E-state index in [-0.39, 0.29) is 6.61 Å². The fourth-order valence-electron chi connectivity index (χ4n) is 3.39. The zero-order valence-corrected chi connectivity index (χ0v) is 13.9. The molecule has 0 aliphatic heterocycles. The van der Waals surface area contributed by atoms with E-state index in [0.717, 1.165) is 29.1 Å². The van der Waals surface area contributed by atoms with Crippen LogP contribution in [0.5, 0.6) is 0 Å². The number of anilines is 1. The van der Waals surface area contributed by atoms with Crippen LogP contribution in [-0.2, 0) is 0 Å². The lowest BCUT2D eigenvalue weighted by Gasteiger charge is -2.32. The second kappa shape index (κ2) is 7.35. The van der Waals surface area contributed by atoms with Crippen LogP contribution < -0.4 is 5.32 Å². The number of likely N-dealkylation sites (N-methyl/N-ethyl adjacent to an activating group) is 1. The highest BCUT2D eigenvalue weighted by molar-refractivity contribution is 7.16. The Morgan fingerprint density at radius 1 is 1.41 bits per heavy atom. The van der Waals surface area contributed by atoms with Crippen molar-refractivity contribution >= 4 is 27.4 Å². The van der Waals surface area contributed by atoms with Gasteiger partial charge in [0.15, 0.2) is 0 Å². The van der Waals surface area contributed by atoms with Crippen molar-refractivity contribution in [2.45, 2.75) is 31.7 Å². The summed E-state index contributed by atoms with van der Waals surface area (Å²) < 4.78 is 0.